The first kappa shape index (κ1) is 13.7. The fourth-order valence-corrected chi connectivity index (χ4v) is 1.11. The Bertz CT molecular complexity index is 256. The SMILES string of the molecule is CC(N(C)C(=O)CC(N)=NO)C(C)(C)C. The highest BCUT2D eigenvalue weighted by Gasteiger charge is 2.27. The maximum Gasteiger partial charge on any atom is 0.230 e. The molecular weight excluding hydrogens is 194 g/mol. The van der Waals surface area contributed by atoms with Crippen LogP contribution in [0.15, 0.2) is 5.16 Å². The van der Waals surface area contributed by atoms with E-state index in [0.29, 0.717) is 0 Å². The molecule has 0 aliphatic rings. The van der Waals surface area contributed by atoms with E-state index in [0.717, 1.165) is 0 Å². The van der Waals surface area contributed by atoms with Gasteiger partial charge in [-0.1, -0.05) is 25.9 Å². The largest absolute Gasteiger partial charge is 0.409 e. The van der Waals surface area contributed by atoms with Crippen molar-refractivity contribution >= 4 is 11.7 Å². The van der Waals surface area contributed by atoms with Crippen LogP contribution in [0.5, 0.6) is 0 Å². The summed E-state index contributed by atoms with van der Waals surface area (Å²) < 4.78 is 0. The first-order valence-electron chi connectivity index (χ1n) is 4.92. The molecule has 0 spiro atoms. The topological polar surface area (TPSA) is 78.9 Å². The second-order valence-electron chi connectivity index (χ2n) is 4.81. The maximum absolute atomic E-state index is 11.7. The molecule has 0 aliphatic carbocycles. The minimum absolute atomic E-state index is 0.00945. The Morgan fingerprint density at radius 3 is 2.33 bits per heavy atom. The lowest BCUT2D eigenvalue weighted by Crippen LogP contribution is -2.44. The van der Waals surface area contributed by atoms with Gasteiger partial charge in [0.15, 0.2) is 0 Å². The minimum Gasteiger partial charge on any atom is -0.409 e. The lowest BCUT2D eigenvalue weighted by Gasteiger charge is -2.35. The van der Waals surface area contributed by atoms with Crippen molar-refractivity contribution in [3.8, 4) is 0 Å². The zero-order chi connectivity index (χ0) is 12.2. The molecule has 15 heavy (non-hydrogen) atoms. The Morgan fingerprint density at radius 1 is 1.53 bits per heavy atom. The number of carbonyl (C=O) groups is 1. The van der Waals surface area contributed by atoms with Gasteiger partial charge in [0.2, 0.25) is 5.91 Å². The van der Waals surface area contributed by atoms with Crippen LogP contribution in [0.2, 0.25) is 0 Å². The summed E-state index contributed by atoms with van der Waals surface area (Å²) in [6, 6.07) is 0.0940. The number of nitrogens with two attached hydrogens (primary N) is 1. The molecule has 0 aromatic rings. The molecule has 3 N–H and O–H groups in total. The summed E-state index contributed by atoms with van der Waals surface area (Å²) in [6.07, 6.45) is -0.0482. The first-order chi connectivity index (χ1) is 6.70. The molecule has 0 saturated heterocycles. The molecule has 0 rings (SSSR count). The van der Waals surface area contributed by atoms with Crippen LogP contribution in [-0.2, 0) is 4.79 Å². The quantitative estimate of drug-likeness (QED) is 0.319. The van der Waals surface area contributed by atoms with E-state index in [-0.39, 0.29) is 29.6 Å². The molecule has 5 nitrogen and oxygen atoms in total. The highest BCUT2D eigenvalue weighted by Crippen LogP contribution is 2.23. The number of rotatable bonds is 3. The number of nitrogens with zero attached hydrogens (tertiary/aromatic N) is 2. The average Bonchev–Trinajstić information content (AvgIpc) is 2.13. The number of amides is 1. The fourth-order valence-electron chi connectivity index (χ4n) is 1.11. The highest BCUT2D eigenvalue weighted by molar-refractivity contribution is 5.98. The summed E-state index contributed by atoms with van der Waals surface area (Å²) in [6.45, 7) is 8.16. The lowest BCUT2D eigenvalue weighted by molar-refractivity contribution is -0.132. The van der Waals surface area contributed by atoms with Crippen LogP contribution in [-0.4, -0.2) is 34.9 Å². The van der Waals surface area contributed by atoms with Crippen molar-refractivity contribution in [3.05, 3.63) is 0 Å². The molecule has 88 valence electrons. The Hall–Kier alpha value is -1.26. The van der Waals surface area contributed by atoms with E-state index >= 15 is 0 Å². The van der Waals surface area contributed by atoms with Crippen molar-refractivity contribution in [3.63, 3.8) is 0 Å². The van der Waals surface area contributed by atoms with Crippen LogP contribution in [0, 0.1) is 5.41 Å². The Kier molecular flexibility index (Phi) is 4.58. The molecule has 0 aromatic carbocycles. The smallest absolute Gasteiger partial charge is 0.230 e. The van der Waals surface area contributed by atoms with E-state index in [4.69, 9.17) is 10.9 Å². The van der Waals surface area contributed by atoms with E-state index in [1.807, 2.05) is 6.92 Å². The lowest BCUT2D eigenvalue weighted by atomic mass is 9.87. The van der Waals surface area contributed by atoms with Gasteiger partial charge in [-0.05, 0) is 12.3 Å². The predicted octanol–water partition coefficient (Wildman–Crippen LogP) is 1.02. The van der Waals surface area contributed by atoms with E-state index in [2.05, 4.69) is 25.9 Å². The monoisotopic (exact) mass is 215 g/mol. The number of oxime groups is 1. The van der Waals surface area contributed by atoms with E-state index < -0.39 is 0 Å². The third kappa shape index (κ3) is 4.18. The second kappa shape index (κ2) is 5.00. The Labute approximate surface area is 90.9 Å². The van der Waals surface area contributed by atoms with Crippen molar-refractivity contribution in [1.29, 1.82) is 0 Å². The van der Waals surface area contributed by atoms with E-state index in [9.17, 15) is 4.79 Å². The molecule has 5 heteroatoms. The first-order valence-corrected chi connectivity index (χ1v) is 4.92. The number of carbonyl (C=O) groups excluding carboxylic acids is 1. The van der Waals surface area contributed by atoms with Crippen molar-refractivity contribution in [2.45, 2.75) is 40.2 Å². The molecule has 0 heterocycles. The van der Waals surface area contributed by atoms with Gasteiger partial charge in [0.05, 0.1) is 6.42 Å². The van der Waals surface area contributed by atoms with Gasteiger partial charge < -0.3 is 15.8 Å². The molecule has 1 amide bonds. The molecule has 0 aliphatic heterocycles. The van der Waals surface area contributed by atoms with Crippen molar-refractivity contribution in [2.24, 2.45) is 16.3 Å². The third-order valence-corrected chi connectivity index (χ3v) is 2.69. The second-order valence-corrected chi connectivity index (χ2v) is 4.81. The Balaban J connectivity index is 4.46. The molecule has 1 unspecified atom stereocenters. The third-order valence-electron chi connectivity index (χ3n) is 2.69. The van der Waals surface area contributed by atoms with Crippen molar-refractivity contribution < 1.29 is 10.0 Å². The highest BCUT2D eigenvalue weighted by atomic mass is 16.4. The van der Waals surface area contributed by atoms with Crippen LogP contribution in [0.1, 0.15) is 34.1 Å². The van der Waals surface area contributed by atoms with Crippen LogP contribution < -0.4 is 5.73 Å². The molecule has 0 radical (unpaired) electrons. The fraction of sp³-hybridized carbons (Fsp3) is 0.800. The average molecular weight is 215 g/mol. The summed E-state index contributed by atoms with van der Waals surface area (Å²) in [5.74, 6) is -0.208. The van der Waals surface area contributed by atoms with Crippen molar-refractivity contribution in [2.75, 3.05) is 7.05 Å². The number of hydrogen-bond donors (Lipinski definition) is 2. The van der Waals surface area contributed by atoms with Gasteiger partial charge in [-0.2, -0.15) is 0 Å². The summed E-state index contributed by atoms with van der Waals surface area (Å²) in [5.41, 5.74) is 5.28. The molecular formula is C10H21N3O2. The zero-order valence-corrected chi connectivity index (χ0v) is 10.1. The summed E-state index contributed by atoms with van der Waals surface area (Å²) in [4.78, 5) is 13.3. The number of hydrogen-bond acceptors (Lipinski definition) is 3. The molecule has 0 bridgehead atoms. The van der Waals surface area contributed by atoms with Crippen LogP contribution in [0.25, 0.3) is 0 Å². The molecule has 0 aromatic heterocycles. The van der Waals surface area contributed by atoms with Gasteiger partial charge in [-0.15, -0.1) is 0 Å². The molecule has 0 fully saturated rings. The molecule has 0 saturated carbocycles. The predicted molar refractivity (Wildman–Crippen MR) is 59.7 cm³/mol. The summed E-state index contributed by atoms with van der Waals surface area (Å²) in [7, 11) is 1.73. The van der Waals surface area contributed by atoms with E-state index in [1.165, 1.54) is 0 Å². The Morgan fingerprint density at radius 2 is 2.00 bits per heavy atom. The van der Waals surface area contributed by atoms with Crippen molar-refractivity contribution in [1.82, 2.24) is 4.90 Å². The van der Waals surface area contributed by atoms with Crippen LogP contribution >= 0.6 is 0 Å². The standard InChI is InChI=1S/C10H21N3O2/c1-7(10(2,3)4)13(5)9(14)6-8(11)12-15/h7,15H,6H2,1-5H3,(H2,11,12). The maximum atomic E-state index is 11.7. The number of amidine groups is 1. The molecule has 1 atom stereocenters. The van der Waals surface area contributed by atoms with Gasteiger partial charge in [0.25, 0.3) is 0 Å². The van der Waals surface area contributed by atoms with E-state index in [1.54, 1.807) is 11.9 Å². The minimum atomic E-state index is -0.146. The van der Waals surface area contributed by atoms with Gasteiger partial charge >= 0.3 is 0 Å². The van der Waals surface area contributed by atoms with Gasteiger partial charge in [0.1, 0.15) is 5.84 Å². The normalized spacial score (nSPS) is 14.9. The summed E-state index contributed by atoms with van der Waals surface area (Å²) in [5, 5.41) is 11.1. The van der Waals surface area contributed by atoms with Crippen LogP contribution in [0.3, 0.4) is 0 Å². The van der Waals surface area contributed by atoms with Gasteiger partial charge in [-0.3, -0.25) is 4.79 Å². The van der Waals surface area contributed by atoms with Gasteiger partial charge in [-0.25, -0.2) is 0 Å². The summed E-state index contributed by atoms with van der Waals surface area (Å²) >= 11 is 0. The van der Waals surface area contributed by atoms with Crippen LogP contribution in [0.4, 0.5) is 0 Å². The van der Waals surface area contributed by atoms with Gasteiger partial charge in [0, 0.05) is 13.1 Å². The zero-order valence-electron chi connectivity index (χ0n) is 10.1.